The minimum atomic E-state index is -4.92. The SMILES string of the molecule is C[S+](CCC(N)C(=O)O)CC1OC(n2cnc3c(N)ncnc32)C(O)C1O.Cc1ccc(S(=O)(=O)O)cc1.O=S(=O)(O)O.O=S(=O)([O-])O. The lowest BCUT2D eigenvalue weighted by Gasteiger charge is -2.16. The van der Waals surface area contributed by atoms with E-state index in [1.807, 2.05) is 13.2 Å². The second kappa shape index (κ2) is 18.0. The Kier molecular flexibility index (Phi) is 16.1. The van der Waals surface area contributed by atoms with Gasteiger partial charge in [0.25, 0.3) is 10.1 Å². The molecular formula is C22H34N6O16S4. The number of aliphatic carboxylic acids is 1. The maximum absolute atomic E-state index is 10.8. The van der Waals surface area contributed by atoms with E-state index in [4.69, 9.17) is 60.9 Å². The number of aliphatic hydroxyl groups excluding tert-OH is 2. The van der Waals surface area contributed by atoms with Crippen LogP contribution in [0.4, 0.5) is 5.82 Å². The molecule has 3 heterocycles. The van der Waals surface area contributed by atoms with Gasteiger partial charge in [-0.2, -0.15) is 16.8 Å². The highest BCUT2D eigenvalue weighted by Crippen LogP contribution is 2.32. The molecule has 26 heteroatoms. The zero-order valence-corrected chi connectivity index (χ0v) is 28.1. The largest absolute Gasteiger partial charge is 0.726 e. The van der Waals surface area contributed by atoms with Crippen molar-refractivity contribution in [3.63, 3.8) is 0 Å². The van der Waals surface area contributed by atoms with Crippen molar-refractivity contribution < 1.29 is 72.9 Å². The molecule has 48 heavy (non-hydrogen) atoms. The number of nitrogen functional groups attached to an aromatic ring is 1. The molecule has 0 bridgehead atoms. The number of carboxylic acids is 1. The van der Waals surface area contributed by atoms with Gasteiger partial charge in [0.2, 0.25) is 10.4 Å². The van der Waals surface area contributed by atoms with Gasteiger partial charge in [0, 0.05) is 6.42 Å². The van der Waals surface area contributed by atoms with Crippen LogP contribution in [0.1, 0.15) is 18.2 Å². The van der Waals surface area contributed by atoms with Crippen molar-refractivity contribution in [2.24, 2.45) is 5.73 Å². The molecule has 0 aliphatic carbocycles. The Balaban J connectivity index is 0.000000447. The first kappa shape index (κ1) is 42.9. The van der Waals surface area contributed by atoms with E-state index in [2.05, 4.69) is 15.0 Å². The number of aliphatic hydroxyl groups is 2. The van der Waals surface area contributed by atoms with E-state index in [9.17, 15) is 23.4 Å². The van der Waals surface area contributed by atoms with Gasteiger partial charge in [-0.05, 0) is 30.0 Å². The van der Waals surface area contributed by atoms with Crippen molar-refractivity contribution in [3.05, 3.63) is 42.5 Å². The molecule has 4 rings (SSSR count). The van der Waals surface area contributed by atoms with Crippen LogP contribution < -0.4 is 11.5 Å². The van der Waals surface area contributed by atoms with Gasteiger partial charge >= 0.3 is 16.4 Å². The number of imidazole rings is 1. The summed E-state index contributed by atoms with van der Waals surface area (Å²) in [4.78, 5) is 22.9. The first-order valence-electron chi connectivity index (χ1n) is 12.7. The third kappa shape index (κ3) is 15.9. The summed E-state index contributed by atoms with van der Waals surface area (Å²) >= 11 is 0. The van der Waals surface area contributed by atoms with Crippen LogP contribution in [0.15, 0.2) is 41.8 Å². The molecule has 0 spiro atoms. The maximum atomic E-state index is 10.8. The van der Waals surface area contributed by atoms with Crippen LogP contribution in [-0.2, 0) is 51.3 Å². The lowest BCUT2D eigenvalue weighted by molar-refractivity contribution is -0.138. The van der Waals surface area contributed by atoms with Crippen molar-refractivity contribution >= 4 is 64.8 Å². The second-order valence-electron chi connectivity index (χ2n) is 9.68. The molecule has 1 saturated heterocycles. The van der Waals surface area contributed by atoms with Crippen molar-refractivity contribution in [2.75, 3.05) is 23.5 Å². The number of carboxylic acid groups (broad SMARTS) is 1. The summed E-state index contributed by atoms with van der Waals surface area (Å²) in [5, 5.41) is 29.7. The van der Waals surface area contributed by atoms with Crippen molar-refractivity contribution in [3.8, 4) is 0 Å². The number of benzene rings is 1. The number of fused-ring (bicyclic) bond motifs is 1. The van der Waals surface area contributed by atoms with Gasteiger partial charge in [-0.15, -0.1) is 0 Å². The Bertz CT molecular complexity index is 1780. The Hall–Kier alpha value is -3.12. The van der Waals surface area contributed by atoms with E-state index in [-0.39, 0.29) is 21.6 Å². The van der Waals surface area contributed by atoms with E-state index < -0.39 is 67.5 Å². The Morgan fingerprint density at radius 1 is 1.02 bits per heavy atom. The molecule has 6 unspecified atom stereocenters. The number of aromatic nitrogens is 4. The minimum absolute atomic E-state index is 0.0666. The van der Waals surface area contributed by atoms with Crippen LogP contribution in [0.5, 0.6) is 0 Å². The molecule has 0 amide bonds. The Morgan fingerprint density at radius 3 is 2.02 bits per heavy atom. The van der Waals surface area contributed by atoms with Gasteiger partial charge < -0.3 is 36.1 Å². The normalized spacial score (nSPS) is 20.6. The monoisotopic (exact) mass is 766 g/mol. The highest BCUT2D eigenvalue weighted by molar-refractivity contribution is 7.96. The smallest absolute Gasteiger partial charge is 0.394 e. The summed E-state index contributed by atoms with van der Waals surface area (Å²) in [5.74, 6) is 0.254. The van der Waals surface area contributed by atoms with Gasteiger partial charge in [0.05, 0.1) is 17.5 Å². The highest BCUT2D eigenvalue weighted by atomic mass is 32.3. The predicted molar refractivity (Wildman–Crippen MR) is 166 cm³/mol. The lowest BCUT2D eigenvalue weighted by atomic mass is 10.1. The van der Waals surface area contributed by atoms with Gasteiger partial charge in [-0.25, -0.2) is 23.4 Å². The summed E-state index contributed by atoms with van der Waals surface area (Å²) in [7, 11) is -13.8. The third-order valence-electron chi connectivity index (χ3n) is 5.86. The standard InChI is InChI=1S/C15H22N6O5S.C7H8O3S.2H2O4S/c1-27(3-2-7(16)15(24)25)4-8-10(22)11(23)14(26-8)21-6-20-9-12(17)18-5-19-13(9)21;1-6-2-4-7(5-3-6)11(8,9)10;2*1-5(2,3)4/h5-8,10-11,14,22-23H,2-4,16H2,1H3,(H2-,17,18,19,24,25);2-5H,1H3,(H,8,9,10);2*(H2,1,2,3,4). The molecule has 2 aromatic heterocycles. The molecule has 3 aromatic rings. The van der Waals surface area contributed by atoms with Crippen LogP contribution >= 0.6 is 0 Å². The molecule has 1 aliphatic rings. The Labute approximate surface area is 277 Å². The second-order valence-corrected chi connectivity index (χ2v) is 15.2. The number of anilines is 1. The highest BCUT2D eigenvalue weighted by Gasteiger charge is 2.46. The molecule has 1 aromatic carbocycles. The molecule has 0 radical (unpaired) electrons. The number of hydrogen-bond acceptors (Lipinski definition) is 16. The first-order chi connectivity index (χ1) is 21.8. The molecule has 22 nitrogen and oxygen atoms in total. The summed E-state index contributed by atoms with van der Waals surface area (Å²) in [6, 6.07) is 5.08. The van der Waals surface area contributed by atoms with E-state index in [0.717, 1.165) is 5.56 Å². The zero-order valence-electron chi connectivity index (χ0n) is 24.9. The van der Waals surface area contributed by atoms with Gasteiger partial charge in [-0.3, -0.25) is 27.6 Å². The molecule has 6 atom stereocenters. The number of rotatable bonds is 8. The average molecular weight is 767 g/mol. The fourth-order valence-corrected chi connectivity index (χ4v) is 5.82. The Morgan fingerprint density at radius 2 is 1.54 bits per heavy atom. The lowest BCUT2D eigenvalue weighted by Crippen LogP contribution is -2.37. The molecule has 11 N–H and O–H groups in total. The average Bonchev–Trinajstić information content (AvgIpc) is 3.47. The van der Waals surface area contributed by atoms with Crippen LogP contribution in [0.3, 0.4) is 0 Å². The van der Waals surface area contributed by atoms with Gasteiger partial charge in [-0.1, -0.05) is 17.7 Å². The number of carbonyl (C=O) groups is 1. The summed E-state index contributed by atoms with van der Waals surface area (Å²) < 4.78 is 101. The van der Waals surface area contributed by atoms with Crippen molar-refractivity contribution in [1.29, 1.82) is 0 Å². The summed E-state index contributed by atoms with van der Waals surface area (Å²) in [6.45, 7) is 1.84. The summed E-state index contributed by atoms with van der Waals surface area (Å²) in [5.41, 5.74) is 13.1. The predicted octanol–water partition coefficient (Wildman–Crippen LogP) is -2.33. The zero-order chi connectivity index (χ0) is 37.2. The van der Waals surface area contributed by atoms with Crippen LogP contribution in [0.2, 0.25) is 0 Å². The minimum Gasteiger partial charge on any atom is -0.726 e. The number of nitrogens with zero attached hydrogens (tertiary/aromatic N) is 4. The van der Waals surface area contributed by atoms with Gasteiger partial charge in [0.15, 0.2) is 17.7 Å². The fraction of sp³-hybridized carbons (Fsp3) is 0.455. The van der Waals surface area contributed by atoms with E-state index in [1.54, 1.807) is 12.1 Å². The number of aryl methyl sites for hydroxylation is 1. The van der Waals surface area contributed by atoms with E-state index in [0.29, 0.717) is 29.1 Å². The summed E-state index contributed by atoms with van der Waals surface area (Å²) in [6.07, 6.45) is 1.31. The molecular weight excluding hydrogens is 733 g/mol. The van der Waals surface area contributed by atoms with E-state index in [1.165, 1.54) is 29.4 Å². The van der Waals surface area contributed by atoms with Gasteiger partial charge in [0.1, 0.15) is 47.7 Å². The number of nitrogens with two attached hydrogens (primary N) is 2. The van der Waals surface area contributed by atoms with Crippen LogP contribution in [-0.4, -0.2) is 131 Å². The van der Waals surface area contributed by atoms with Crippen molar-refractivity contribution in [2.45, 2.75) is 48.8 Å². The van der Waals surface area contributed by atoms with Crippen LogP contribution in [0.25, 0.3) is 11.2 Å². The number of ether oxygens (including phenoxy) is 1. The quantitative estimate of drug-likeness (QED) is 0.0659. The molecule has 1 aliphatic heterocycles. The molecule has 1 fully saturated rings. The van der Waals surface area contributed by atoms with Crippen molar-refractivity contribution in [1.82, 2.24) is 19.5 Å². The molecule has 272 valence electrons. The molecule has 0 saturated carbocycles. The van der Waals surface area contributed by atoms with Crippen LogP contribution in [0, 0.1) is 6.92 Å². The van der Waals surface area contributed by atoms with E-state index >= 15 is 0 Å². The topological polar surface area (TPSA) is 389 Å². The third-order valence-corrected chi connectivity index (χ3v) is 8.56. The maximum Gasteiger partial charge on any atom is 0.394 e. The fourth-order valence-electron chi connectivity index (χ4n) is 3.68. The first-order valence-corrected chi connectivity index (χ1v) is 18.9. The number of hydrogen-bond donors (Lipinski definition) is 9.